The third kappa shape index (κ3) is 6.43. The number of nitrogens with two attached hydrogens (primary N) is 2. The molecule has 0 spiro atoms. The molecule has 0 bridgehead atoms. The molecule has 1 aliphatic rings. The Balaban J connectivity index is 0.00000300. The molecule has 11 nitrogen and oxygen atoms in total. The summed E-state index contributed by atoms with van der Waals surface area (Å²) in [5, 5.41) is 15.8. The lowest BCUT2D eigenvalue weighted by molar-refractivity contribution is 0.306. The van der Waals surface area contributed by atoms with Gasteiger partial charge < -0.3 is 16.5 Å². The van der Waals surface area contributed by atoms with Gasteiger partial charge in [-0.15, -0.1) is 0 Å². The number of hydrogen-bond donors (Lipinski definition) is 4. The molecule has 0 atom stereocenters. The Kier molecular flexibility index (Phi) is 7.65. The van der Waals surface area contributed by atoms with E-state index in [1.54, 1.807) is 0 Å². The van der Waals surface area contributed by atoms with Crippen molar-refractivity contribution >= 4 is 43.5 Å². The minimum absolute atomic E-state index is 0. The molecular formula is C15H21BrFN7O4S. The molecule has 0 radical (unpaired) electrons. The van der Waals surface area contributed by atoms with E-state index in [2.05, 4.69) is 41.3 Å². The van der Waals surface area contributed by atoms with Crippen LogP contribution >= 0.6 is 15.9 Å². The Morgan fingerprint density at radius 1 is 1.24 bits per heavy atom. The van der Waals surface area contributed by atoms with Gasteiger partial charge in [0.1, 0.15) is 5.82 Å². The summed E-state index contributed by atoms with van der Waals surface area (Å²) in [4.78, 5) is 4.21. The molecule has 1 saturated carbocycles. The maximum absolute atomic E-state index is 13.3. The van der Waals surface area contributed by atoms with E-state index in [1.807, 2.05) is 0 Å². The number of anilines is 1. The first-order valence-corrected chi connectivity index (χ1v) is 10.7. The predicted molar refractivity (Wildman–Crippen MR) is 108 cm³/mol. The van der Waals surface area contributed by atoms with Crippen molar-refractivity contribution in [1.82, 2.24) is 15.0 Å². The van der Waals surface area contributed by atoms with Crippen LogP contribution in [0.1, 0.15) is 31.4 Å². The Morgan fingerprint density at radius 2 is 1.90 bits per heavy atom. The fourth-order valence-electron chi connectivity index (χ4n) is 2.98. The van der Waals surface area contributed by atoms with Crippen LogP contribution in [-0.2, 0) is 10.2 Å². The summed E-state index contributed by atoms with van der Waals surface area (Å²) in [7, 11) is -3.71. The molecule has 3 rings (SSSR count). The van der Waals surface area contributed by atoms with Crippen molar-refractivity contribution < 1.29 is 22.9 Å². The number of halogens is 2. The van der Waals surface area contributed by atoms with Crippen LogP contribution in [0.4, 0.5) is 15.9 Å². The van der Waals surface area contributed by atoms with E-state index in [1.165, 1.54) is 18.2 Å². The maximum atomic E-state index is 13.3. The number of amidine groups is 1. The minimum atomic E-state index is -3.71. The Morgan fingerprint density at radius 3 is 2.52 bits per heavy atom. The highest BCUT2D eigenvalue weighted by Crippen LogP contribution is 2.25. The molecule has 8 N–H and O–H groups in total. The standard InChI is InChI=1S/C15H19BrFN7O3S.H2O/c16-11-7-10(5-6-12(11)17)20-14(18)13-15(23-27-22-13)21-8-1-3-9(4-2-8)24-28(19,25)26;/h5-9,24H,1-4H2,(H2,18,20)(H,21,23)(H2,19,25,26);1H2. The lowest BCUT2D eigenvalue weighted by Gasteiger charge is -2.28. The molecule has 0 amide bonds. The molecule has 29 heavy (non-hydrogen) atoms. The second-order valence-corrected chi connectivity index (χ2v) is 8.59. The van der Waals surface area contributed by atoms with Crippen LogP contribution in [0, 0.1) is 5.82 Å². The molecule has 14 heteroatoms. The molecule has 1 aliphatic carbocycles. The number of rotatable bonds is 6. The molecule has 2 aromatic rings. The second-order valence-electron chi connectivity index (χ2n) is 6.41. The Labute approximate surface area is 174 Å². The van der Waals surface area contributed by atoms with E-state index in [0.717, 1.165) is 0 Å². The van der Waals surface area contributed by atoms with Gasteiger partial charge in [-0.2, -0.15) is 13.1 Å². The summed E-state index contributed by atoms with van der Waals surface area (Å²) in [5.74, 6) is -0.00683. The molecule has 1 aromatic heterocycles. The van der Waals surface area contributed by atoms with Crippen molar-refractivity contribution in [3.8, 4) is 0 Å². The number of hydrogen-bond acceptors (Lipinski definition) is 7. The summed E-state index contributed by atoms with van der Waals surface area (Å²) in [6.07, 6.45) is 2.65. The van der Waals surface area contributed by atoms with E-state index in [0.29, 0.717) is 37.2 Å². The van der Waals surface area contributed by atoms with Gasteiger partial charge in [0, 0.05) is 12.1 Å². The van der Waals surface area contributed by atoms with Gasteiger partial charge in [-0.3, -0.25) is 0 Å². The summed E-state index contributed by atoms with van der Waals surface area (Å²) in [6, 6.07) is 4.09. The predicted octanol–water partition coefficient (Wildman–Crippen LogP) is 0.700. The largest absolute Gasteiger partial charge is 0.412 e. The molecule has 1 heterocycles. The first-order chi connectivity index (χ1) is 13.2. The van der Waals surface area contributed by atoms with Gasteiger partial charge in [-0.25, -0.2) is 19.2 Å². The van der Waals surface area contributed by atoms with Gasteiger partial charge in [0.15, 0.2) is 11.5 Å². The third-order valence-corrected chi connectivity index (χ3v) is 5.55. The van der Waals surface area contributed by atoms with Crippen molar-refractivity contribution in [3.05, 3.63) is 34.2 Å². The van der Waals surface area contributed by atoms with Crippen LogP contribution in [0.5, 0.6) is 0 Å². The minimum Gasteiger partial charge on any atom is -0.412 e. The first kappa shape index (κ1) is 23.2. The van der Waals surface area contributed by atoms with Gasteiger partial charge in [0.2, 0.25) is 5.82 Å². The fourth-order valence-corrected chi connectivity index (χ4v) is 4.05. The van der Waals surface area contributed by atoms with Crippen molar-refractivity contribution in [3.63, 3.8) is 0 Å². The average Bonchev–Trinajstić information content (AvgIpc) is 3.07. The lowest BCUT2D eigenvalue weighted by atomic mass is 9.92. The zero-order valence-corrected chi connectivity index (χ0v) is 17.5. The summed E-state index contributed by atoms with van der Waals surface area (Å²) >= 11 is 3.09. The Hall–Kier alpha value is -2.13. The quantitative estimate of drug-likeness (QED) is 0.335. The zero-order chi connectivity index (χ0) is 20.3. The lowest BCUT2D eigenvalue weighted by Crippen LogP contribution is -2.43. The summed E-state index contributed by atoms with van der Waals surface area (Å²) in [5.41, 5.74) is 6.68. The smallest absolute Gasteiger partial charge is 0.274 e. The van der Waals surface area contributed by atoms with Gasteiger partial charge >= 0.3 is 0 Å². The number of benzene rings is 1. The Bertz CT molecular complexity index is 977. The van der Waals surface area contributed by atoms with E-state index < -0.39 is 16.0 Å². The molecule has 1 aromatic carbocycles. The molecule has 160 valence electrons. The van der Waals surface area contributed by atoms with Crippen molar-refractivity contribution in [2.75, 3.05) is 5.32 Å². The maximum Gasteiger partial charge on any atom is 0.274 e. The van der Waals surface area contributed by atoms with E-state index in [9.17, 15) is 12.8 Å². The highest BCUT2D eigenvalue weighted by Gasteiger charge is 2.25. The third-order valence-electron chi connectivity index (χ3n) is 4.28. The number of nitrogens with zero attached hydrogens (tertiary/aromatic N) is 3. The molecule has 0 unspecified atom stereocenters. The normalized spacial score (nSPS) is 20.2. The van der Waals surface area contributed by atoms with Crippen LogP contribution in [0.25, 0.3) is 0 Å². The average molecular weight is 494 g/mol. The van der Waals surface area contributed by atoms with Crippen molar-refractivity contribution in [1.29, 1.82) is 0 Å². The molecule has 0 saturated heterocycles. The first-order valence-electron chi connectivity index (χ1n) is 8.40. The van der Waals surface area contributed by atoms with Gasteiger partial charge in [-0.05, 0) is 70.1 Å². The molecule has 0 aliphatic heterocycles. The van der Waals surface area contributed by atoms with Gasteiger partial charge in [0.05, 0.1) is 10.2 Å². The number of aromatic nitrogens is 2. The fraction of sp³-hybridized carbons (Fsp3) is 0.400. The highest BCUT2D eigenvalue weighted by molar-refractivity contribution is 9.10. The number of aliphatic imine (C=N–C) groups is 1. The van der Waals surface area contributed by atoms with Crippen LogP contribution in [0.15, 0.2) is 32.3 Å². The topological polar surface area (TPSA) is 193 Å². The van der Waals surface area contributed by atoms with Crippen molar-refractivity contribution in [2.24, 2.45) is 15.9 Å². The molecular weight excluding hydrogens is 473 g/mol. The second kappa shape index (κ2) is 9.58. The van der Waals surface area contributed by atoms with Crippen molar-refractivity contribution in [2.45, 2.75) is 37.8 Å². The van der Waals surface area contributed by atoms with Gasteiger partial charge in [0.25, 0.3) is 10.2 Å². The highest BCUT2D eigenvalue weighted by atomic mass is 79.9. The van der Waals surface area contributed by atoms with Crippen LogP contribution < -0.4 is 20.9 Å². The van der Waals surface area contributed by atoms with E-state index >= 15 is 0 Å². The SMILES string of the molecule is NC(=Nc1ccc(F)c(Br)c1)c1nonc1NC1CCC(NS(N)(=O)=O)CC1.O. The van der Waals surface area contributed by atoms with Crippen LogP contribution in [-0.4, -0.2) is 42.1 Å². The summed E-state index contributed by atoms with van der Waals surface area (Å²) < 4.78 is 43.0. The summed E-state index contributed by atoms with van der Waals surface area (Å²) in [6.45, 7) is 0. The van der Waals surface area contributed by atoms with Crippen LogP contribution in [0.2, 0.25) is 0 Å². The number of nitrogens with one attached hydrogen (secondary N) is 2. The monoisotopic (exact) mass is 493 g/mol. The van der Waals surface area contributed by atoms with Crippen LogP contribution in [0.3, 0.4) is 0 Å². The zero-order valence-electron chi connectivity index (χ0n) is 15.1. The van der Waals surface area contributed by atoms with E-state index in [-0.39, 0.29) is 33.6 Å². The molecule has 1 fully saturated rings. The van der Waals surface area contributed by atoms with Gasteiger partial charge in [-0.1, -0.05) is 0 Å². The van der Waals surface area contributed by atoms with E-state index in [4.69, 9.17) is 15.5 Å².